The lowest BCUT2D eigenvalue weighted by atomic mass is 9.99. The number of rotatable bonds is 3. The fourth-order valence-electron chi connectivity index (χ4n) is 3.15. The van der Waals surface area contributed by atoms with E-state index in [1.54, 1.807) is 0 Å². The minimum Gasteiger partial charge on any atom is -0.313 e. The first-order valence-corrected chi connectivity index (χ1v) is 7.48. The van der Waals surface area contributed by atoms with Gasteiger partial charge in [-0.3, -0.25) is 10.2 Å². The summed E-state index contributed by atoms with van der Waals surface area (Å²) >= 11 is 0. The lowest BCUT2D eigenvalue weighted by Crippen LogP contribution is -2.55. The maximum Gasteiger partial charge on any atom is 0.235 e. The zero-order chi connectivity index (χ0) is 13.0. The standard InChI is InChI=1S/C14H27N3O/c1-11-6-5-7-12(2)17(11)16-14(18)10-13-8-3-4-9-15-13/h11-13,15H,3-10H2,1-2H3,(H,16,18). The van der Waals surface area contributed by atoms with Crippen LogP contribution >= 0.6 is 0 Å². The van der Waals surface area contributed by atoms with Crippen LogP contribution in [-0.4, -0.2) is 35.6 Å². The Hall–Kier alpha value is -0.610. The first kappa shape index (κ1) is 13.8. The minimum atomic E-state index is 0.176. The van der Waals surface area contributed by atoms with Crippen molar-refractivity contribution < 1.29 is 4.79 Å². The monoisotopic (exact) mass is 253 g/mol. The quantitative estimate of drug-likeness (QED) is 0.806. The number of piperidine rings is 2. The van der Waals surface area contributed by atoms with Crippen LogP contribution in [0.2, 0.25) is 0 Å². The summed E-state index contributed by atoms with van der Waals surface area (Å²) in [6, 6.07) is 1.32. The molecule has 2 saturated heterocycles. The number of hydrogen-bond acceptors (Lipinski definition) is 3. The van der Waals surface area contributed by atoms with Gasteiger partial charge in [-0.15, -0.1) is 0 Å². The van der Waals surface area contributed by atoms with E-state index in [0.717, 1.165) is 13.0 Å². The van der Waals surface area contributed by atoms with E-state index in [2.05, 4.69) is 29.6 Å². The Morgan fingerprint density at radius 2 is 1.89 bits per heavy atom. The maximum absolute atomic E-state index is 12.1. The molecule has 0 aromatic heterocycles. The highest BCUT2D eigenvalue weighted by Crippen LogP contribution is 2.20. The van der Waals surface area contributed by atoms with Gasteiger partial charge < -0.3 is 5.32 Å². The SMILES string of the molecule is CC1CCCC(C)N1NC(=O)CC1CCCCN1. The molecule has 0 saturated carbocycles. The van der Waals surface area contributed by atoms with E-state index in [1.807, 2.05) is 0 Å². The third-order valence-electron chi connectivity index (χ3n) is 4.29. The molecule has 0 aromatic rings. The summed E-state index contributed by atoms with van der Waals surface area (Å²) in [7, 11) is 0. The molecular formula is C14H27N3O. The first-order chi connectivity index (χ1) is 8.66. The number of hydrogen-bond donors (Lipinski definition) is 2. The fraction of sp³-hybridized carbons (Fsp3) is 0.929. The van der Waals surface area contributed by atoms with Gasteiger partial charge in [-0.1, -0.05) is 12.8 Å². The number of nitrogens with one attached hydrogen (secondary N) is 2. The van der Waals surface area contributed by atoms with Crippen molar-refractivity contribution in [2.45, 2.75) is 76.9 Å². The first-order valence-electron chi connectivity index (χ1n) is 7.48. The van der Waals surface area contributed by atoms with Crippen LogP contribution in [0, 0.1) is 0 Å². The van der Waals surface area contributed by atoms with Gasteiger partial charge in [0.05, 0.1) is 0 Å². The van der Waals surface area contributed by atoms with Gasteiger partial charge in [0.2, 0.25) is 5.91 Å². The highest BCUT2D eigenvalue weighted by atomic mass is 16.2. The van der Waals surface area contributed by atoms with Crippen molar-refractivity contribution >= 4 is 5.91 Å². The molecule has 0 spiro atoms. The predicted molar refractivity (Wildman–Crippen MR) is 73.0 cm³/mol. The van der Waals surface area contributed by atoms with Crippen LogP contribution in [0.25, 0.3) is 0 Å². The number of carbonyl (C=O) groups excluding carboxylic acids is 1. The molecule has 2 fully saturated rings. The Kier molecular flexibility index (Phi) is 5.01. The zero-order valence-electron chi connectivity index (χ0n) is 11.7. The van der Waals surface area contributed by atoms with Crippen molar-refractivity contribution in [2.24, 2.45) is 0 Å². The molecule has 0 aliphatic carbocycles. The van der Waals surface area contributed by atoms with Gasteiger partial charge in [0, 0.05) is 24.5 Å². The summed E-state index contributed by atoms with van der Waals surface area (Å²) in [5, 5.41) is 5.59. The molecule has 4 heteroatoms. The molecule has 0 bridgehead atoms. The molecule has 2 N–H and O–H groups in total. The topological polar surface area (TPSA) is 44.4 Å². The van der Waals surface area contributed by atoms with Gasteiger partial charge in [-0.25, -0.2) is 5.01 Å². The van der Waals surface area contributed by atoms with Gasteiger partial charge in [-0.2, -0.15) is 0 Å². The number of amides is 1. The smallest absolute Gasteiger partial charge is 0.235 e. The van der Waals surface area contributed by atoms with E-state index < -0.39 is 0 Å². The van der Waals surface area contributed by atoms with Crippen LogP contribution < -0.4 is 10.7 Å². The molecule has 104 valence electrons. The average Bonchev–Trinajstić information content (AvgIpc) is 2.35. The summed E-state index contributed by atoms with van der Waals surface area (Å²) in [5.41, 5.74) is 3.12. The van der Waals surface area contributed by atoms with Crippen molar-refractivity contribution in [3.8, 4) is 0 Å². The van der Waals surface area contributed by atoms with E-state index in [-0.39, 0.29) is 5.91 Å². The van der Waals surface area contributed by atoms with Crippen LogP contribution in [-0.2, 0) is 4.79 Å². The Morgan fingerprint density at radius 1 is 1.17 bits per heavy atom. The van der Waals surface area contributed by atoms with Crippen molar-refractivity contribution in [2.75, 3.05) is 6.54 Å². The highest BCUT2D eigenvalue weighted by Gasteiger charge is 2.26. The maximum atomic E-state index is 12.1. The fourth-order valence-corrected chi connectivity index (χ4v) is 3.15. The van der Waals surface area contributed by atoms with E-state index >= 15 is 0 Å². The van der Waals surface area contributed by atoms with Gasteiger partial charge in [-0.05, 0) is 46.1 Å². The van der Waals surface area contributed by atoms with Crippen LogP contribution in [0.3, 0.4) is 0 Å². The van der Waals surface area contributed by atoms with Crippen LogP contribution in [0.5, 0.6) is 0 Å². The molecule has 18 heavy (non-hydrogen) atoms. The summed E-state index contributed by atoms with van der Waals surface area (Å²) in [5.74, 6) is 0.176. The lowest BCUT2D eigenvalue weighted by molar-refractivity contribution is -0.129. The third kappa shape index (κ3) is 3.69. The summed E-state index contributed by atoms with van der Waals surface area (Å²) in [4.78, 5) is 12.1. The van der Waals surface area contributed by atoms with Crippen molar-refractivity contribution in [3.05, 3.63) is 0 Å². The molecule has 1 amide bonds. The minimum absolute atomic E-state index is 0.176. The Balaban J connectivity index is 1.78. The largest absolute Gasteiger partial charge is 0.313 e. The van der Waals surface area contributed by atoms with Crippen LogP contribution in [0.1, 0.15) is 58.8 Å². The molecular weight excluding hydrogens is 226 g/mol. The number of carbonyl (C=O) groups is 1. The second-order valence-corrected chi connectivity index (χ2v) is 5.92. The average molecular weight is 253 g/mol. The van der Waals surface area contributed by atoms with Crippen LogP contribution in [0.4, 0.5) is 0 Å². The zero-order valence-corrected chi connectivity index (χ0v) is 11.7. The summed E-state index contributed by atoms with van der Waals surface area (Å²) in [6.07, 6.45) is 7.91. The van der Waals surface area contributed by atoms with Crippen molar-refractivity contribution in [3.63, 3.8) is 0 Å². The van der Waals surface area contributed by atoms with Gasteiger partial charge in [0.15, 0.2) is 0 Å². The number of hydrazine groups is 1. The van der Waals surface area contributed by atoms with E-state index in [0.29, 0.717) is 24.5 Å². The predicted octanol–water partition coefficient (Wildman–Crippen LogP) is 1.81. The second kappa shape index (κ2) is 6.53. The molecule has 3 atom stereocenters. The van der Waals surface area contributed by atoms with Crippen LogP contribution in [0.15, 0.2) is 0 Å². The molecule has 4 nitrogen and oxygen atoms in total. The number of nitrogens with zero attached hydrogens (tertiary/aromatic N) is 1. The van der Waals surface area contributed by atoms with E-state index in [4.69, 9.17) is 0 Å². The van der Waals surface area contributed by atoms with E-state index in [9.17, 15) is 4.79 Å². The second-order valence-electron chi connectivity index (χ2n) is 5.92. The molecule has 2 aliphatic heterocycles. The molecule has 3 unspecified atom stereocenters. The van der Waals surface area contributed by atoms with E-state index in [1.165, 1.54) is 32.1 Å². The summed E-state index contributed by atoms with van der Waals surface area (Å²) < 4.78 is 0. The summed E-state index contributed by atoms with van der Waals surface area (Å²) in [6.45, 7) is 5.47. The Bertz CT molecular complexity index is 266. The Labute approximate surface area is 110 Å². The normalized spacial score (nSPS) is 34.2. The third-order valence-corrected chi connectivity index (χ3v) is 4.29. The highest BCUT2D eigenvalue weighted by molar-refractivity contribution is 5.76. The van der Waals surface area contributed by atoms with Crippen molar-refractivity contribution in [1.82, 2.24) is 15.8 Å². The molecule has 2 rings (SSSR count). The van der Waals surface area contributed by atoms with Gasteiger partial charge >= 0.3 is 0 Å². The Morgan fingerprint density at radius 3 is 2.50 bits per heavy atom. The molecule has 2 heterocycles. The molecule has 0 aromatic carbocycles. The van der Waals surface area contributed by atoms with Gasteiger partial charge in [0.1, 0.15) is 0 Å². The lowest BCUT2D eigenvalue weighted by Gasteiger charge is -2.39. The molecule has 2 aliphatic rings. The molecule has 0 radical (unpaired) electrons. The van der Waals surface area contributed by atoms with Gasteiger partial charge in [0.25, 0.3) is 0 Å². The van der Waals surface area contributed by atoms with Crippen molar-refractivity contribution in [1.29, 1.82) is 0 Å².